The van der Waals surface area contributed by atoms with Crippen molar-refractivity contribution in [3.05, 3.63) is 82.4 Å². The van der Waals surface area contributed by atoms with E-state index in [4.69, 9.17) is 28.6 Å². The number of ether oxygens (including phenoxy) is 1. The fraction of sp³-hybridized carbons (Fsp3) is 0.250. The summed E-state index contributed by atoms with van der Waals surface area (Å²) in [7, 11) is -3.78. The number of fused-ring (bicyclic) bond motifs is 1. The number of aromatic hydroxyl groups is 1. The smallest absolute Gasteiger partial charge is 0.243 e. The zero-order chi connectivity index (χ0) is 28.4. The van der Waals surface area contributed by atoms with Gasteiger partial charge in [0.15, 0.2) is 5.69 Å². The monoisotopic (exact) mass is 597 g/mol. The van der Waals surface area contributed by atoms with Gasteiger partial charge in [-0.25, -0.2) is 8.42 Å². The maximum Gasteiger partial charge on any atom is 0.243 e. The first-order chi connectivity index (χ1) is 19.1. The molecule has 1 saturated heterocycles. The lowest BCUT2D eigenvalue weighted by molar-refractivity contribution is 0.0730. The molecule has 5 rings (SSSR count). The number of morpholine rings is 1. The van der Waals surface area contributed by atoms with Crippen molar-refractivity contribution in [2.45, 2.75) is 25.3 Å². The van der Waals surface area contributed by atoms with E-state index in [1.54, 1.807) is 22.8 Å². The minimum Gasteiger partial charge on any atom is -0.493 e. The average molecular weight is 598 g/mol. The van der Waals surface area contributed by atoms with Crippen molar-refractivity contribution in [1.82, 2.24) is 8.87 Å². The number of thiocarbonyl (C=S) groups is 1. The second-order valence-corrected chi connectivity index (χ2v) is 12.3. The molecule has 0 unspecified atom stereocenters. The third-order valence-electron chi connectivity index (χ3n) is 6.71. The number of anilines is 1. The number of benzene rings is 3. The van der Waals surface area contributed by atoms with Gasteiger partial charge in [-0.3, -0.25) is 0 Å². The molecule has 3 aromatic carbocycles. The maximum atomic E-state index is 13.4. The van der Waals surface area contributed by atoms with E-state index in [0.29, 0.717) is 41.4 Å². The zero-order valence-electron chi connectivity index (χ0n) is 22.0. The molecule has 9 nitrogen and oxygen atoms in total. The van der Waals surface area contributed by atoms with Crippen LogP contribution in [0.1, 0.15) is 16.7 Å². The highest BCUT2D eigenvalue weighted by atomic mass is 35.5. The Morgan fingerprint density at radius 1 is 1.07 bits per heavy atom. The molecule has 208 valence electrons. The van der Waals surface area contributed by atoms with Crippen LogP contribution in [-0.2, 0) is 21.3 Å². The van der Waals surface area contributed by atoms with Gasteiger partial charge in [0.2, 0.25) is 21.0 Å². The summed E-state index contributed by atoms with van der Waals surface area (Å²) < 4.78 is 35.2. The van der Waals surface area contributed by atoms with Gasteiger partial charge in [-0.05, 0) is 67.5 Å². The maximum absolute atomic E-state index is 13.4. The first-order valence-electron chi connectivity index (χ1n) is 12.6. The van der Waals surface area contributed by atoms with Gasteiger partial charge < -0.3 is 19.7 Å². The predicted molar refractivity (Wildman–Crippen MR) is 160 cm³/mol. The highest BCUT2D eigenvalue weighted by Gasteiger charge is 2.28. The lowest BCUT2D eigenvalue weighted by Gasteiger charge is -2.26. The summed E-state index contributed by atoms with van der Waals surface area (Å²) in [5.41, 5.74) is 4.37. The molecule has 2 heterocycles. The quantitative estimate of drug-likeness (QED) is 0.203. The lowest BCUT2D eigenvalue weighted by atomic mass is 10.1. The van der Waals surface area contributed by atoms with E-state index in [1.807, 2.05) is 50.2 Å². The molecule has 0 amide bonds. The van der Waals surface area contributed by atoms with Gasteiger partial charge in [0.05, 0.1) is 30.2 Å². The molecule has 0 bridgehead atoms. The normalized spacial score (nSPS) is 14.7. The van der Waals surface area contributed by atoms with E-state index in [9.17, 15) is 13.5 Å². The largest absolute Gasteiger partial charge is 0.493 e. The number of aryl methyl sites for hydroxylation is 2. The molecule has 40 heavy (non-hydrogen) atoms. The number of hydrogen-bond acceptors (Lipinski definition) is 6. The van der Waals surface area contributed by atoms with Crippen molar-refractivity contribution in [2.75, 3.05) is 31.6 Å². The van der Waals surface area contributed by atoms with Gasteiger partial charge in [0, 0.05) is 29.2 Å². The molecule has 1 aliphatic heterocycles. The number of sulfonamides is 1. The Morgan fingerprint density at radius 2 is 1.80 bits per heavy atom. The van der Waals surface area contributed by atoms with Gasteiger partial charge in [0.25, 0.3) is 0 Å². The van der Waals surface area contributed by atoms with E-state index < -0.39 is 10.0 Å². The number of hydrogen-bond donors (Lipinski definition) is 2. The fourth-order valence-corrected chi connectivity index (χ4v) is 6.22. The van der Waals surface area contributed by atoms with Crippen LogP contribution in [0.5, 0.6) is 5.88 Å². The SMILES string of the molecule is Cc1ccc(Cn2c(O)c(N=NC(=S)Nc3ccc(C)c(Cl)c3)c3cc(S(=O)(=O)N4CCOCC4)ccc32)cc1. The molecular formula is C28H28ClN5O4S2. The lowest BCUT2D eigenvalue weighted by Crippen LogP contribution is -2.40. The molecule has 2 N–H and O–H groups in total. The van der Waals surface area contributed by atoms with Crippen LogP contribution in [-0.4, -0.2) is 53.8 Å². The van der Waals surface area contributed by atoms with Crippen molar-refractivity contribution < 1.29 is 18.3 Å². The van der Waals surface area contributed by atoms with Crippen LogP contribution < -0.4 is 5.32 Å². The van der Waals surface area contributed by atoms with Crippen molar-refractivity contribution in [1.29, 1.82) is 0 Å². The van der Waals surface area contributed by atoms with E-state index in [0.717, 1.165) is 16.7 Å². The van der Waals surface area contributed by atoms with E-state index in [-0.39, 0.29) is 34.7 Å². The molecule has 1 fully saturated rings. The van der Waals surface area contributed by atoms with Crippen molar-refractivity contribution in [2.24, 2.45) is 10.2 Å². The summed E-state index contributed by atoms with van der Waals surface area (Å²) in [6.07, 6.45) is 0. The summed E-state index contributed by atoms with van der Waals surface area (Å²) in [4.78, 5) is 0.0980. The molecule has 0 atom stereocenters. The molecular weight excluding hydrogens is 570 g/mol. The number of azo groups is 1. The Hall–Kier alpha value is -3.35. The molecule has 0 radical (unpaired) electrons. The minimum absolute atomic E-state index is 0.0517. The van der Waals surface area contributed by atoms with Crippen LogP contribution >= 0.6 is 23.8 Å². The molecule has 1 aromatic heterocycles. The first-order valence-corrected chi connectivity index (χ1v) is 14.8. The van der Waals surface area contributed by atoms with Crippen LogP contribution in [0.4, 0.5) is 11.4 Å². The van der Waals surface area contributed by atoms with Crippen LogP contribution in [0, 0.1) is 13.8 Å². The number of halogens is 1. The summed E-state index contributed by atoms with van der Waals surface area (Å²) in [6.45, 7) is 5.47. The molecule has 0 spiro atoms. The van der Waals surface area contributed by atoms with Crippen LogP contribution in [0.15, 0.2) is 75.8 Å². The second kappa shape index (κ2) is 11.6. The number of nitrogens with one attached hydrogen (secondary N) is 1. The Kier molecular flexibility index (Phi) is 8.20. The predicted octanol–water partition coefficient (Wildman–Crippen LogP) is 6.17. The van der Waals surface area contributed by atoms with Gasteiger partial charge >= 0.3 is 0 Å². The summed E-state index contributed by atoms with van der Waals surface area (Å²) in [5, 5.41) is 23.7. The first kappa shape index (κ1) is 28.2. The Morgan fingerprint density at radius 3 is 2.50 bits per heavy atom. The molecule has 4 aromatic rings. The number of rotatable bonds is 6. The average Bonchev–Trinajstić information content (AvgIpc) is 3.20. The number of nitrogens with zero attached hydrogens (tertiary/aromatic N) is 4. The molecule has 12 heteroatoms. The third-order valence-corrected chi connectivity index (χ3v) is 9.20. The Balaban J connectivity index is 1.54. The van der Waals surface area contributed by atoms with Crippen molar-refractivity contribution in [3.63, 3.8) is 0 Å². The molecule has 1 aliphatic rings. The topological polar surface area (TPSA) is 109 Å². The molecule has 0 saturated carbocycles. The van der Waals surface area contributed by atoms with Crippen LogP contribution in [0.2, 0.25) is 5.02 Å². The van der Waals surface area contributed by atoms with E-state index in [2.05, 4.69) is 15.5 Å². The fourth-order valence-electron chi connectivity index (χ4n) is 4.45. The molecule has 0 aliphatic carbocycles. The second-order valence-electron chi connectivity index (χ2n) is 9.53. The zero-order valence-corrected chi connectivity index (χ0v) is 24.4. The Bertz CT molecular complexity index is 1710. The third kappa shape index (κ3) is 5.89. The van der Waals surface area contributed by atoms with E-state index in [1.165, 1.54) is 10.4 Å². The van der Waals surface area contributed by atoms with Gasteiger partial charge in [-0.2, -0.15) is 4.31 Å². The summed E-state index contributed by atoms with van der Waals surface area (Å²) in [6, 6.07) is 18.1. The minimum atomic E-state index is -3.78. The standard InChI is InChI=1S/C28H28ClN5O4S2/c1-18-3-6-20(7-4-18)17-34-25-10-9-22(40(36,37)33-11-13-38-14-12-33)16-23(25)26(27(34)35)31-32-28(39)30-21-8-5-19(2)24(29)15-21/h3-10,15-16,35H,11-14,17H2,1-2H3,(H,30,39). The van der Waals surface area contributed by atoms with Crippen LogP contribution in [0.25, 0.3) is 10.9 Å². The van der Waals surface area contributed by atoms with Crippen molar-refractivity contribution >= 4 is 61.2 Å². The van der Waals surface area contributed by atoms with Crippen LogP contribution in [0.3, 0.4) is 0 Å². The van der Waals surface area contributed by atoms with Gasteiger partial charge in [-0.1, -0.05) is 47.5 Å². The van der Waals surface area contributed by atoms with Crippen molar-refractivity contribution in [3.8, 4) is 5.88 Å². The highest BCUT2D eigenvalue weighted by molar-refractivity contribution is 7.89. The van der Waals surface area contributed by atoms with Gasteiger partial charge in [0.1, 0.15) is 0 Å². The Labute approximate surface area is 243 Å². The van der Waals surface area contributed by atoms with E-state index >= 15 is 0 Å². The summed E-state index contributed by atoms with van der Waals surface area (Å²) >= 11 is 11.6. The van der Waals surface area contributed by atoms with Gasteiger partial charge in [-0.15, -0.1) is 10.2 Å². The highest BCUT2D eigenvalue weighted by Crippen LogP contribution is 2.41. The summed E-state index contributed by atoms with van der Waals surface area (Å²) in [5.74, 6) is -0.151. The number of aromatic nitrogens is 1.